The Labute approximate surface area is 125 Å². The van der Waals surface area contributed by atoms with Crippen LogP contribution < -0.4 is 0 Å². The maximum absolute atomic E-state index is 4.78. The molecule has 2 aromatic carbocycles. The fraction of sp³-hybridized carbons (Fsp3) is 0.188. The monoisotopic (exact) mass is 331 g/mol. The molecule has 0 unspecified atom stereocenters. The third kappa shape index (κ3) is 2.72. The Morgan fingerprint density at radius 3 is 2.58 bits per heavy atom. The summed E-state index contributed by atoms with van der Waals surface area (Å²) in [5, 5.41) is 1.19. The number of nitrogens with zero attached hydrogens (tertiary/aromatic N) is 1. The van der Waals surface area contributed by atoms with Crippen molar-refractivity contribution in [2.75, 3.05) is 0 Å². The minimum absolute atomic E-state index is 0.908. The molecule has 96 valence electrons. The number of aryl methyl sites for hydroxylation is 2. The lowest BCUT2D eigenvalue weighted by Crippen LogP contribution is -1.86. The van der Waals surface area contributed by atoms with Crippen LogP contribution in [0.5, 0.6) is 0 Å². The van der Waals surface area contributed by atoms with Crippen LogP contribution in [0.15, 0.2) is 40.9 Å². The summed E-state index contributed by atoms with van der Waals surface area (Å²) in [5.74, 6) is 0. The summed E-state index contributed by atoms with van der Waals surface area (Å²) < 4.78 is 2.41. The normalized spacial score (nSPS) is 11.1. The molecule has 0 saturated carbocycles. The molecule has 3 rings (SSSR count). The average molecular weight is 332 g/mol. The van der Waals surface area contributed by atoms with Crippen LogP contribution in [0, 0.1) is 13.8 Å². The minimum Gasteiger partial charge on any atom is -0.241 e. The molecule has 3 aromatic rings. The van der Waals surface area contributed by atoms with E-state index in [1.165, 1.54) is 26.4 Å². The zero-order valence-corrected chi connectivity index (χ0v) is 13.3. The highest BCUT2D eigenvalue weighted by atomic mass is 79.9. The molecular weight excluding hydrogens is 318 g/mol. The lowest BCUT2D eigenvalue weighted by Gasteiger charge is -1.97. The molecule has 1 aromatic heterocycles. The average Bonchev–Trinajstić information content (AvgIpc) is 2.75. The van der Waals surface area contributed by atoms with Crippen LogP contribution in [0.4, 0.5) is 0 Å². The molecular formula is C16H14BrNS. The van der Waals surface area contributed by atoms with Gasteiger partial charge in [-0.15, -0.1) is 11.3 Å². The molecule has 0 spiro atoms. The van der Waals surface area contributed by atoms with Crippen molar-refractivity contribution in [3.05, 3.63) is 62.6 Å². The molecule has 19 heavy (non-hydrogen) atoms. The van der Waals surface area contributed by atoms with E-state index in [1.54, 1.807) is 11.3 Å². The van der Waals surface area contributed by atoms with Crippen molar-refractivity contribution >= 4 is 37.5 Å². The summed E-state index contributed by atoms with van der Waals surface area (Å²) in [5.41, 5.74) is 5.04. The quantitative estimate of drug-likeness (QED) is 0.623. The maximum atomic E-state index is 4.78. The highest BCUT2D eigenvalue weighted by Crippen LogP contribution is 2.27. The van der Waals surface area contributed by atoms with E-state index in [0.29, 0.717) is 0 Å². The Kier molecular flexibility index (Phi) is 3.42. The molecule has 1 nitrogen and oxygen atoms in total. The number of aromatic nitrogens is 1. The summed E-state index contributed by atoms with van der Waals surface area (Å²) in [6.07, 6.45) is 0.908. The van der Waals surface area contributed by atoms with Crippen LogP contribution in [-0.2, 0) is 6.42 Å². The molecule has 0 radical (unpaired) electrons. The molecule has 0 aliphatic heterocycles. The molecule has 0 atom stereocenters. The lowest BCUT2D eigenvalue weighted by molar-refractivity contribution is 1.15. The van der Waals surface area contributed by atoms with E-state index < -0.39 is 0 Å². The van der Waals surface area contributed by atoms with Gasteiger partial charge in [0.05, 0.1) is 15.2 Å². The number of rotatable bonds is 2. The van der Waals surface area contributed by atoms with E-state index >= 15 is 0 Å². The summed E-state index contributed by atoms with van der Waals surface area (Å²) >= 11 is 5.27. The summed E-state index contributed by atoms with van der Waals surface area (Å²) in [4.78, 5) is 4.78. The molecule has 1 heterocycles. The Morgan fingerprint density at radius 2 is 1.84 bits per heavy atom. The van der Waals surface area contributed by atoms with E-state index in [-0.39, 0.29) is 0 Å². The van der Waals surface area contributed by atoms with Gasteiger partial charge in [-0.2, -0.15) is 0 Å². The van der Waals surface area contributed by atoms with Crippen molar-refractivity contribution in [3.63, 3.8) is 0 Å². The van der Waals surface area contributed by atoms with Gasteiger partial charge < -0.3 is 0 Å². The molecule has 0 bridgehead atoms. The predicted molar refractivity (Wildman–Crippen MR) is 86.0 cm³/mol. The van der Waals surface area contributed by atoms with Gasteiger partial charge in [0, 0.05) is 10.9 Å². The van der Waals surface area contributed by atoms with Gasteiger partial charge >= 0.3 is 0 Å². The SMILES string of the molecule is Cc1cc(C)c2nc(Cc3ccc(Br)cc3)sc2c1. The van der Waals surface area contributed by atoms with Gasteiger partial charge in [-0.1, -0.05) is 34.1 Å². The summed E-state index contributed by atoms with van der Waals surface area (Å²) in [7, 11) is 0. The Hall–Kier alpha value is -1.19. The van der Waals surface area contributed by atoms with Crippen LogP contribution in [-0.4, -0.2) is 4.98 Å². The van der Waals surface area contributed by atoms with E-state index in [4.69, 9.17) is 4.98 Å². The lowest BCUT2D eigenvalue weighted by atomic mass is 10.1. The number of hydrogen-bond donors (Lipinski definition) is 0. The van der Waals surface area contributed by atoms with E-state index in [2.05, 4.69) is 66.2 Å². The molecule has 3 heteroatoms. The van der Waals surface area contributed by atoms with Gasteiger partial charge in [-0.05, 0) is 48.7 Å². The highest BCUT2D eigenvalue weighted by Gasteiger charge is 2.07. The van der Waals surface area contributed by atoms with Gasteiger partial charge in [0.2, 0.25) is 0 Å². The first-order chi connectivity index (χ1) is 9.11. The Balaban J connectivity index is 1.97. The highest BCUT2D eigenvalue weighted by molar-refractivity contribution is 9.10. The molecule has 0 N–H and O–H groups in total. The number of hydrogen-bond acceptors (Lipinski definition) is 2. The van der Waals surface area contributed by atoms with E-state index in [0.717, 1.165) is 16.4 Å². The number of halogens is 1. The maximum Gasteiger partial charge on any atom is 0.0982 e. The van der Waals surface area contributed by atoms with Crippen molar-refractivity contribution in [3.8, 4) is 0 Å². The third-order valence-corrected chi connectivity index (χ3v) is 4.67. The first kappa shape index (κ1) is 12.8. The van der Waals surface area contributed by atoms with Crippen LogP contribution in [0.25, 0.3) is 10.2 Å². The third-order valence-electron chi connectivity index (χ3n) is 3.14. The second kappa shape index (κ2) is 5.06. The standard InChI is InChI=1S/C16H14BrNS/c1-10-7-11(2)16-14(8-10)19-15(18-16)9-12-3-5-13(17)6-4-12/h3-8H,9H2,1-2H3. The molecule has 0 fully saturated rings. The molecule has 0 aliphatic rings. The topological polar surface area (TPSA) is 12.9 Å². The molecule has 0 saturated heterocycles. The zero-order chi connectivity index (χ0) is 13.4. The first-order valence-electron chi connectivity index (χ1n) is 6.23. The van der Waals surface area contributed by atoms with Gasteiger partial charge in [0.15, 0.2) is 0 Å². The molecule has 0 amide bonds. The summed E-state index contributed by atoms with van der Waals surface area (Å²) in [6, 6.07) is 12.9. The van der Waals surface area contributed by atoms with Gasteiger partial charge in [-0.25, -0.2) is 4.98 Å². The van der Waals surface area contributed by atoms with Crippen molar-refractivity contribution in [1.29, 1.82) is 0 Å². The van der Waals surface area contributed by atoms with Crippen molar-refractivity contribution < 1.29 is 0 Å². The van der Waals surface area contributed by atoms with Crippen LogP contribution in [0.1, 0.15) is 21.7 Å². The predicted octanol–water partition coefficient (Wildman–Crippen LogP) is 5.27. The van der Waals surface area contributed by atoms with E-state index in [1.807, 2.05) is 0 Å². The van der Waals surface area contributed by atoms with Crippen LogP contribution in [0.2, 0.25) is 0 Å². The zero-order valence-electron chi connectivity index (χ0n) is 10.9. The second-order valence-corrected chi connectivity index (χ2v) is 6.87. The fourth-order valence-electron chi connectivity index (χ4n) is 2.27. The smallest absolute Gasteiger partial charge is 0.0982 e. The number of fused-ring (bicyclic) bond motifs is 1. The fourth-order valence-corrected chi connectivity index (χ4v) is 3.71. The van der Waals surface area contributed by atoms with Gasteiger partial charge in [0.1, 0.15) is 0 Å². The minimum atomic E-state index is 0.908. The van der Waals surface area contributed by atoms with Gasteiger partial charge in [0.25, 0.3) is 0 Å². The number of benzene rings is 2. The number of thiazole rings is 1. The van der Waals surface area contributed by atoms with E-state index in [9.17, 15) is 0 Å². The summed E-state index contributed by atoms with van der Waals surface area (Å²) in [6.45, 7) is 4.28. The van der Waals surface area contributed by atoms with Crippen molar-refractivity contribution in [2.24, 2.45) is 0 Å². The van der Waals surface area contributed by atoms with Gasteiger partial charge in [-0.3, -0.25) is 0 Å². The second-order valence-electron chi connectivity index (χ2n) is 4.84. The Morgan fingerprint density at radius 1 is 1.11 bits per heavy atom. The molecule has 0 aliphatic carbocycles. The van der Waals surface area contributed by atoms with Crippen LogP contribution >= 0.6 is 27.3 Å². The Bertz CT molecular complexity index is 728. The largest absolute Gasteiger partial charge is 0.241 e. The van der Waals surface area contributed by atoms with Crippen LogP contribution in [0.3, 0.4) is 0 Å². The van der Waals surface area contributed by atoms with Crippen molar-refractivity contribution in [1.82, 2.24) is 4.98 Å². The first-order valence-corrected chi connectivity index (χ1v) is 7.84. The van der Waals surface area contributed by atoms with Crippen molar-refractivity contribution in [2.45, 2.75) is 20.3 Å².